The van der Waals surface area contributed by atoms with Crippen molar-refractivity contribution >= 4 is 40.9 Å². The molecule has 0 bridgehead atoms. The van der Waals surface area contributed by atoms with E-state index in [2.05, 4.69) is 10.3 Å². The number of pyridine rings is 1. The molecule has 0 fully saturated rings. The number of benzene rings is 1. The van der Waals surface area contributed by atoms with Gasteiger partial charge in [0.2, 0.25) is 0 Å². The number of methoxy groups -OCH3 is 1. The molecule has 1 N–H and O–H groups in total. The van der Waals surface area contributed by atoms with Gasteiger partial charge >= 0.3 is 5.97 Å². The highest BCUT2D eigenvalue weighted by Crippen LogP contribution is 2.29. The first kappa shape index (κ1) is 20.8. The number of esters is 1. The van der Waals surface area contributed by atoms with Gasteiger partial charge in [-0.1, -0.05) is 23.2 Å². The van der Waals surface area contributed by atoms with E-state index in [4.69, 9.17) is 37.4 Å². The third kappa shape index (κ3) is 5.24. The molecule has 27 heavy (non-hydrogen) atoms. The zero-order chi connectivity index (χ0) is 20.0. The number of aromatic nitrogens is 1. The predicted molar refractivity (Wildman–Crippen MR) is 102 cm³/mol. The summed E-state index contributed by atoms with van der Waals surface area (Å²) in [5, 5.41) is 3.08. The fourth-order valence-corrected chi connectivity index (χ4v) is 2.49. The summed E-state index contributed by atoms with van der Waals surface area (Å²) in [6.45, 7) is 3.41. The second-order valence-corrected chi connectivity index (χ2v) is 6.10. The Morgan fingerprint density at radius 3 is 2.63 bits per heavy atom. The van der Waals surface area contributed by atoms with Crippen LogP contribution in [0.5, 0.6) is 11.5 Å². The van der Waals surface area contributed by atoms with Crippen LogP contribution in [0.3, 0.4) is 0 Å². The number of anilines is 1. The first-order chi connectivity index (χ1) is 12.9. The van der Waals surface area contributed by atoms with Crippen LogP contribution in [-0.4, -0.2) is 37.2 Å². The van der Waals surface area contributed by atoms with Gasteiger partial charge in [0.1, 0.15) is 0 Å². The molecule has 1 aromatic carbocycles. The summed E-state index contributed by atoms with van der Waals surface area (Å²) < 4.78 is 15.6. The molecule has 144 valence electrons. The summed E-state index contributed by atoms with van der Waals surface area (Å²) in [4.78, 5) is 28.1. The van der Waals surface area contributed by atoms with Crippen molar-refractivity contribution in [3.63, 3.8) is 0 Å². The lowest BCUT2D eigenvalue weighted by Gasteiger charge is -2.11. The highest BCUT2D eigenvalue weighted by molar-refractivity contribution is 6.37. The summed E-state index contributed by atoms with van der Waals surface area (Å²) in [7, 11) is 1.50. The molecule has 0 radical (unpaired) electrons. The summed E-state index contributed by atoms with van der Waals surface area (Å²) in [5.74, 6) is -0.225. The molecule has 0 saturated heterocycles. The molecule has 2 rings (SSSR count). The number of carbonyl (C=O) groups excluding carboxylic acids is 2. The summed E-state index contributed by atoms with van der Waals surface area (Å²) in [6, 6.07) is 4.59. The minimum atomic E-state index is -0.680. The lowest BCUT2D eigenvalue weighted by atomic mass is 10.2. The number of hydrogen-bond acceptors (Lipinski definition) is 6. The molecular weight excluding hydrogens is 395 g/mol. The van der Waals surface area contributed by atoms with Crippen LogP contribution in [0, 0.1) is 6.92 Å². The van der Waals surface area contributed by atoms with Gasteiger partial charge in [-0.2, -0.15) is 0 Å². The molecule has 1 amide bonds. The number of carbonyl (C=O) groups is 2. The smallest absolute Gasteiger partial charge is 0.338 e. The largest absolute Gasteiger partial charge is 0.493 e. The van der Waals surface area contributed by atoms with Crippen LogP contribution in [0.2, 0.25) is 10.0 Å². The van der Waals surface area contributed by atoms with E-state index in [1.54, 1.807) is 13.0 Å². The summed E-state index contributed by atoms with van der Waals surface area (Å²) in [5.41, 5.74) is 0.813. The van der Waals surface area contributed by atoms with Crippen LogP contribution in [0.15, 0.2) is 24.4 Å². The Hall–Kier alpha value is -2.51. The average Bonchev–Trinajstić information content (AvgIpc) is 2.66. The van der Waals surface area contributed by atoms with Crippen LogP contribution in [0.1, 0.15) is 22.8 Å². The van der Waals surface area contributed by atoms with Gasteiger partial charge in [0.25, 0.3) is 5.91 Å². The van der Waals surface area contributed by atoms with E-state index in [1.807, 2.05) is 6.92 Å². The van der Waals surface area contributed by atoms with E-state index < -0.39 is 18.5 Å². The zero-order valence-electron chi connectivity index (χ0n) is 15.0. The zero-order valence-corrected chi connectivity index (χ0v) is 16.5. The van der Waals surface area contributed by atoms with E-state index in [9.17, 15) is 9.59 Å². The quantitative estimate of drug-likeness (QED) is 0.693. The Labute approximate surface area is 166 Å². The van der Waals surface area contributed by atoms with Crippen LogP contribution in [-0.2, 0) is 9.53 Å². The summed E-state index contributed by atoms with van der Waals surface area (Å²) >= 11 is 12.0. The number of amides is 1. The molecule has 9 heteroatoms. The van der Waals surface area contributed by atoms with Crippen molar-refractivity contribution in [1.29, 1.82) is 0 Å². The van der Waals surface area contributed by atoms with Gasteiger partial charge in [0.05, 0.1) is 29.3 Å². The van der Waals surface area contributed by atoms with Crippen LogP contribution >= 0.6 is 23.2 Å². The average molecular weight is 413 g/mol. The lowest BCUT2D eigenvalue weighted by Crippen LogP contribution is -2.21. The highest BCUT2D eigenvalue weighted by atomic mass is 35.5. The van der Waals surface area contributed by atoms with Crippen molar-refractivity contribution in [2.45, 2.75) is 13.8 Å². The SMILES string of the molecule is CCOc1cc(C(=O)OCC(=O)Nc2ncc(Cl)c(C)c2Cl)ccc1OC. The fourth-order valence-electron chi connectivity index (χ4n) is 2.10. The van der Waals surface area contributed by atoms with Crippen LogP contribution < -0.4 is 14.8 Å². The van der Waals surface area contributed by atoms with Crippen LogP contribution in [0.4, 0.5) is 5.82 Å². The number of halogens is 2. The third-order valence-corrected chi connectivity index (χ3v) is 4.34. The van der Waals surface area contributed by atoms with Crippen molar-refractivity contribution in [1.82, 2.24) is 4.98 Å². The molecule has 0 atom stereocenters. The molecule has 0 aliphatic heterocycles. The van der Waals surface area contributed by atoms with E-state index in [0.29, 0.717) is 28.7 Å². The monoisotopic (exact) mass is 412 g/mol. The minimum absolute atomic E-state index is 0.141. The van der Waals surface area contributed by atoms with Crippen LogP contribution in [0.25, 0.3) is 0 Å². The number of hydrogen-bond donors (Lipinski definition) is 1. The van der Waals surface area contributed by atoms with Gasteiger partial charge in [-0.05, 0) is 37.6 Å². The second kappa shape index (κ2) is 9.43. The molecular formula is C18H18Cl2N2O5. The van der Waals surface area contributed by atoms with Gasteiger partial charge in [-0.3, -0.25) is 4.79 Å². The van der Waals surface area contributed by atoms with Crippen molar-refractivity contribution in [2.24, 2.45) is 0 Å². The number of nitrogens with zero attached hydrogens (tertiary/aromatic N) is 1. The van der Waals surface area contributed by atoms with E-state index >= 15 is 0 Å². The first-order valence-electron chi connectivity index (χ1n) is 7.95. The lowest BCUT2D eigenvalue weighted by molar-refractivity contribution is -0.119. The Balaban J connectivity index is 2.00. The topological polar surface area (TPSA) is 86.8 Å². The summed E-state index contributed by atoms with van der Waals surface area (Å²) in [6.07, 6.45) is 1.37. The van der Waals surface area contributed by atoms with E-state index in [1.165, 1.54) is 25.4 Å². The Bertz CT molecular complexity index is 858. The Kier molecular flexibility index (Phi) is 7.27. The van der Waals surface area contributed by atoms with Crippen molar-refractivity contribution < 1.29 is 23.8 Å². The van der Waals surface area contributed by atoms with Crippen molar-refractivity contribution in [3.8, 4) is 11.5 Å². The van der Waals surface area contributed by atoms with Gasteiger partial charge in [-0.25, -0.2) is 9.78 Å². The molecule has 0 aliphatic carbocycles. The fraction of sp³-hybridized carbons (Fsp3) is 0.278. The molecule has 1 aromatic heterocycles. The van der Waals surface area contributed by atoms with Gasteiger partial charge < -0.3 is 19.5 Å². The molecule has 7 nitrogen and oxygen atoms in total. The van der Waals surface area contributed by atoms with Gasteiger partial charge in [-0.15, -0.1) is 0 Å². The maximum absolute atomic E-state index is 12.2. The Morgan fingerprint density at radius 1 is 1.22 bits per heavy atom. The number of ether oxygens (including phenoxy) is 3. The van der Waals surface area contributed by atoms with Crippen molar-refractivity contribution in [2.75, 3.05) is 25.6 Å². The van der Waals surface area contributed by atoms with Gasteiger partial charge in [0.15, 0.2) is 23.9 Å². The maximum Gasteiger partial charge on any atom is 0.338 e. The van der Waals surface area contributed by atoms with Gasteiger partial charge in [0, 0.05) is 6.20 Å². The Morgan fingerprint density at radius 2 is 1.96 bits per heavy atom. The molecule has 0 aliphatic rings. The third-order valence-electron chi connectivity index (χ3n) is 3.49. The molecule has 0 saturated carbocycles. The molecule has 2 aromatic rings. The number of nitrogens with one attached hydrogen (secondary N) is 1. The first-order valence-corrected chi connectivity index (χ1v) is 8.71. The standard InChI is InChI=1S/C18H18Cl2N2O5/c1-4-26-14-7-11(5-6-13(14)25-3)18(24)27-9-15(23)22-17-16(20)10(2)12(19)8-21-17/h5-8H,4,9H2,1-3H3,(H,21,22,23). The minimum Gasteiger partial charge on any atom is -0.493 e. The molecule has 1 heterocycles. The van der Waals surface area contributed by atoms with E-state index in [-0.39, 0.29) is 16.4 Å². The van der Waals surface area contributed by atoms with Crippen molar-refractivity contribution in [3.05, 3.63) is 45.6 Å². The molecule has 0 unspecified atom stereocenters. The van der Waals surface area contributed by atoms with E-state index in [0.717, 1.165) is 0 Å². The predicted octanol–water partition coefficient (Wildman–Crippen LogP) is 3.90. The maximum atomic E-state index is 12.2. The second-order valence-electron chi connectivity index (χ2n) is 5.32. The normalized spacial score (nSPS) is 10.3. The highest BCUT2D eigenvalue weighted by Gasteiger charge is 2.16. The molecule has 0 spiro atoms. The number of rotatable bonds is 7.